The number of benzene rings is 3. The van der Waals surface area contributed by atoms with E-state index >= 15 is 0 Å². The fourth-order valence-electron chi connectivity index (χ4n) is 2.49. The number of carbonyl (C=O) groups is 1. The summed E-state index contributed by atoms with van der Waals surface area (Å²) in [5.41, 5.74) is 1.74. The number of hydrogen-bond acceptors (Lipinski definition) is 4. The topological polar surface area (TPSA) is 72.5 Å². The average Bonchev–Trinajstić information content (AvgIpc) is 2.63. The van der Waals surface area contributed by atoms with E-state index in [2.05, 4.69) is 5.32 Å². The van der Waals surface area contributed by atoms with E-state index in [4.69, 9.17) is 4.74 Å². The van der Waals surface area contributed by atoms with E-state index in [0.717, 1.165) is 5.75 Å². The zero-order chi connectivity index (χ0) is 19.3. The van der Waals surface area contributed by atoms with Crippen molar-refractivity contribution >= 4 is 21.4 Å². The first-order chi connectivity index (χ1) is 12.9. The van der Waals surface area contributed by atoms with Crippen LogP contribution in [-0.4, -0.2) is 20.6 Å². The van der Waals surface area contributed by atoms with Crippen molar-refractivity contribution in [1.29, 1.82) is 0 Å². The van der Waals surface area contributed by atoms with Gasteiger partial charge in [0.25, 0.3) is 5.91 Å². The summed E-state index contributed by atoms with van der Waals surface area (Å²) in [6.45, 7) is 0. The van der Waals surface area contributed by atoms with E-state index in [1.54, 1.807) is 48.5 Å². The number of ether oxygens (including phenoxy) is 1. The summed E-state index contributed by atoms with van der Waals surface area (Å²) < 4.78 is 28.3. The quantitative estimate of drug-likeness (QED) is 0.692. The molecule has 0 heterocycles. The Morgan fingerprint density at radius 1 is 0.852 bits per heavy atom. The van der Waals surface area contributed by atoms with Crippen LogP contribution in [0.2, 0.25) is 0 Å². The smallest absolute Gasteiger partial charge is 0.255 e. The minimum absolute atomic E-state index is 0.0439. The number of sulfone groups is 1. The fourth-order valence-corrected chi connectivity index (χ4v) is 3.29. The molecule has 0 aliphatic heterocycles. The van der Waals surface area contributed by atoms with Crippen molar-refractivity contribution in [3.05, 3.63) is 90.0 Å². The van der Waals surface area contributed by atoms with Gasteiger partial charge in [-0.05, 0) is 54.1 Å². The van der Waals surface area contributed by atoms with Gasteiger partial charge in [0, 0.05) is 17.5 Å². The molecule has 3 rings (SSSR count). The van der Waals surface area contributed by atoms with Gasteiger partial charge in [-0.2, -0.15) is 0 Å². The molecule has 27 heavy (non-hydrogen) atoms. The standard InChI is InChI=1S/C21H19NO4S/c1-27(24,25)15-16-7-9-17(10-8-16)21(23)22-18-11-13-20(14-12-18)26-19-5-3-2-4-6-19/h2-14H,15H2,1H3,(H,22,23). The predicted octanol–water partition coefficient (Wildman–Crippen LogP) is 4.28. The summed E-state index contributed by atoms with van der Waals surface area (Å²) >= 11 is 0. The first-order valence-electron chi connectivity index (χ1n) is 8.30. The van der Waals surface area contributed by atoms with Crippen molar-refractivity contribution in [1.82, 2.24) is 0 Å². The molecule has 0 aromatic heterocycles. The highest BCUT2D eigenvalue weighted by Crippen LogP contribution is 2.23. The molecule has 138 valence electrons. The lowest BCUT2D eigenvalue weighted by Crippen LogP contribution is -2.12. The molecule has 3 aromatic carbocycles. The third-order valence-corrected chi connectivity index (χ3v) is 4.59. The third-order valence-electron chi connectivity index (χ3n) is 3.74. The number of nitrogens with one attached hydrogen (secondary N) is 1. The van der Waals surface area contributed by atoms with Crippen molar-refractivity contribution in [2.24, 2.45) is 0 Å². The van der Waals surface area contributed by atoms with Gasteiger partial charge in [0.05, 0.1) is 5.75 Å². The molecule has 0 atom stereocenters. The Hall–Kier alpha value is -3.12. The van der Waals surface area contributed by atoms with Gasteiger partial charge in [-0.3, -0.25) is 4.79 Å². The van der Waals surface area contributed by atoms with Gasteiger partial charge >= 0.3 is 0 Å². The van der Waals surface area contributed by atoms with Crippen LogP contribution in [0.25, 0.3) is 0 Å². The third kappa shape index (κ3) is 5.69. The molecule has 1 N–H and O–H groups in total. The van der Waals surface area contributed by atoms with Crippen molar-refractivity contribution in [3.8, 4) is 11.5 Å². The van der Waals surface area contributed by atoms with Crippen molar-refractivity contribution in [3.63, 3.8) is 0 Å². The molecule has 1 amide bonds. The Labute approximate surface area is 158 Å². The minimum atomic E-state index is -3.10. The van der Waals surface area contributed by atoms with Gasteiger partial charge in [-0.1, -0.05) is 30.3 Å². The van der Waals surface area contributed by atoms with Crippen molar-refractivity contribution in [2.45, 2.75) is 5.75 Å². The lowest BCUT2D eigenvalue weighted by molar-refractivity contribution is 0.102. The van der Waals surface area contributed by atoms with Gasteiger partial charge in [-0.15, -0.1) is 0 Å². The number of anilines is 1. The molecule has 0 saturated carbocycles. The molecule has 5 nitrogen and oxygen atoms in total. The minimum Gasteiger partial charge on any atom is -0.457 e. The lowest BCUT2D eigenvalue weighted by atomic mass is 10.1. The molecule has 0 aliphatic rings. The number of amides is 1. The Morgan fingerprint density at radius 3 is 2.04 bits per heavy atom. The molecular weight excluding hydrogens is 362 g/mol. The maximum Gasteiger partial charge on any atom is 0.255 e. The van der Waals surface area contributed by atoms with E-state index < -0.39 is 9.84 Å². The van der Waals surface area contributed by atoms with Crippen LogP contribution < -0.4 is 10.1 Å². The van der Waals surface area contributed by atoms with Crippen LogP contribution in [0.3, 0.4) is 0 Å². The number of carbonyl (C=O) groups excluding carboxylic acids is 1. The summed E-state index contributed by atoms with van der Waals surface area (Å²) in [7, 11) is -3.10. The van der Waals surface area contributed by atoms with Crippen LogP contribution in [0.1, 0.15) is 15.9 Å². The highest BCUT2D eigenvalue weighted by Gasteiger charge is 2.09. The molecule has 0 radical (unpaired) electrons. The summed E-state index contributed by atoms with van der Waals surface area (Å²) in [6, 6.07) is 23.0. The van der Waals surface area contributed by atoms with E-state index in [0.29, 0.717) is 22.6 Å². The zero-order valence-corrected chi connectivity index (χ0v) is 15.6. The highest BCUT2D eigenvalue weighted by atomic mass is 32.2. The normalized spacial score (nSPS) is 11.0. The molecule has 3 aromatic rings. The van der Waals surface area contributed by atoms with Crippen LogP contribution in [0.5, 0.6) is 11.5 Å². The van der Waals surface area contributed by atoms with Crippen LogP contribution >= 0.6 is 0 Å². The Bertz CT molecular complexity index is 1010. The SMILES string of the molecule is CS(=O)(=O)Cc1ccc(C(=O)Nc2ccc(Oc3ccccc3)cc2)cc1. The van der Waals surface area contributed by atoms with Gasteiger partial charge in [0.1, 0.15) is 11.5 Å². The van der Waals surface area contributed by atoms with Crippen molar-refractivity contribution in [2.75, 3.05) is 11.6 Å². The fraction of sp³-hybridized carbons (Fsp3) is 0.0952. The second-order valence-electron chi connectivity index (χ2n) is 6.16. The van der Waals surface area contributed by atoms with E-state index in [-0.39, 0.29) is 11.7 Å². The van der Waals surface area contributed by atoms with Crippen LogP contribution in [0.15, 0.2) is 78.9 Å². The number of hydrogen-bond donors (Lipinski definition) is 1. The van der Waals surface area contributed by atoms with Gasteiger partial charge < -0.3 is 10.1 Å². The van der Waals surface area contributed by atoms with Gasteiger partial charge in [0.2, 0.25) is 0 Å². The van der Waals surface area contributed by atoms with Crippen LogP contribution in [0, 0.1) is 0 Å². The summed E-state index contributed by atoms with van der Waals surface area (Å²) in [5, 5.41) is 2.80. The largest absolute Gasteiger partial charge is 0.457 e. The molecular formula is C21H19NO4S. The summed E-state index contributed by atoms with van der Waals surface area (Å²) in [5.74, 6) is 1.10. The molecule has 0 bridgehead atoms. The summed E-state index contributed by atoms with van der Waals surface area (Å²) in [6.07, 6.45) is 1.18. The van der Waals surface area contributed by atoms with E-state index in [9.17, 15) is 13.2 Å². The van der Waals surface area contributed by atoms with Crippen LogP contribution in [0.4, 0.5) is 5.69 Å². The van der Waals surface area contributed by atoms with E-state index in [1.165, 1.54) is 6.26 Å². The zero-order valence-electron chi connectivity index (χ0n) is 14.8. The summed E-state index contributed by atoms with van der Waals surface area (Å²) in [4.78, 5) is 12.3. The number of para-hydroxylation sites is 1. The second-order valence-corrected chi connectivity index (χ2v) is 8.30. The Morgan fingerprint density at radius 2 is 1.44 bits per heavy atom. The first kappa shape index (κ1) is 18.7. The maximum absolute atomic E-state index is 12.3. The average molecular weight is 381 g/mol. The maximum atomic E-state index is 12.3. The van der Waals surface area contributed by atoms with Gasteiger partial charge in [0.15, 0.2) is 9.84 Å². The number of rotatable bonds is 6. The monoisotopic (exact) mass is 381 g/mol. The first-order valence-corrected chi connectivity index (χ1v) is 10.4. The molecule has 6 heteroatoms. The second kappa shape index (κ2) is 8.05. The lowest BCUT2D eigenvalue weighted by Gasteiger charge is -2.08. The van der Waals surface area contributed by atoms with Crippen molar-refractivity contribution < 1.29 is 17.9 Å². The Balaban J connectivity index is 1.62. The molecule has 0 unspecified atom stereocenters. The van der Waals surface area contributed by atoms with E-state index in [1.807, 2.05) is 30.3 Å². The molecule has 0 saturated heterocycles. The molecule has 0 spiro atoms. The Kier molecular flexibility index (Phi) is 5.57. The molecule has 0 aliphatic carbocycles. The van der Waals surface area contributed by atoms with Crippen LogP contribution in [-0.2, 0) is 15.6 Å². The van der Waals surface area contributed by atoms with Gasteiger partial charge in [-0.25, -0.2) is 8.42 Å². The molecule has 0 fully saturated rings. The highest BCUT2D eigenvalue weighted by molar-refractivity contribution is 7.89. The predicted molar refractivity (Wildman–Crippen MR) is 106 cm³/mol.